The van der Waals surface area contributed by atoms with Gasteiger partial charge < -0.3 is 10.1 Å². The Morgan fingerprint density at radius 2 is 1.69 bits per heavy atom. The van der Waals surface area contributed by atoms with Crippen molar-refractivity contribution in [2.45, 2.75) is 31.2 Å². The van der Waals surface area contributed by atoms with Gasteiger partial charge in [0.05, 0.1) is 17.6 Å². The Morgan fingerprint density at radius 3 is 2.28 bits per heavy atom. The summed E-state index contributed by atoms with van der Waals surface area (Å²) in [4.78, 5) is 23.6. The van der Waals surface area contributed by atoms with Crippen LogP contribution in [-0.2, 0) is 19.6 Å². The number of hydrogen-bond acceptors (Lipinski definition) is 5. The van der Waals surface area contributed by atoms with Gasteiger partial charge in [-0.15, -0.1) is 0 Å². The average Bonchev–Trinajstić information content (AvgIpc) is 2.64. The molecule has 0 fully saturated rings. The van der Waals surface area contributed by atoms with Gasteiger partial charge in [-0.3, -0.25) is 4.79 Å². The van der Waals surface area contributed by atoms with Gasteiger partial charge >= 0.3 is 5.97 Å². The Kier molecular flexibility index (Phi) is 6.94. The van der Waals surface area contributed by atoms with E-state index in [-0.39, 0.29) is 4.90 Å². The van der Waals surface area contributed by atoms with Crippen molar-refractivity contribution in [2.24, 2.45) is 0 Å². The maximum atomic E-state index is 12.4. The van der Waals surface area contributed by atoms with E-state index in [9.17, 15) is 18.0 Å². The maximum Gasteiger partial charge on any atom is 0.337 e. The lowest BCUT2D eigenvalue weighted by atomic mass is 10.1. The highest BCUT2D eigenvalue weighted by atomic mass is 32.2. The molecule has 2 rings (SSSR count). The van der Waals surface area contributed by atoms with Crippen molar-refractivity contribution in [3.05, 3.63) is 65.7 Å². The zero-order valence-electron chi connectivity index (χ0n) is 16.7. The molecule has 0 aliphatic rings. The fourth-order valence-electron chi connectivity index (χ4n) is 2.41. The normalized spacial score (nSPS) is 12.0. The number of nitrogens with one attached hydrogen (secondary N) is 2. The third kappa shape index (κ3) is 6.85. The topological polar surface area (TPSA) is 102 Å². The van der Waals surface area contributed by atoms with Crippen LogP contribution in [0, 0.1) is 0 Å². The van der Waals surface area contributed by atoms with Gasteiger partial charge in [-0.1, -0.05) is 18.2 Å². The minimum absolute atomic E-state index is 0.0626. The number of amides is 1. The number of rotatable bonds is 6. The van der Waals surface area contributed by atoms with Crippen molar-refractivity contribution in [1.82, 2.24) is 4.72 Å². The Bertz CT molecular complexity index is 1020. The van der Waals surface area contributed by atoms with E-state index in [1.165, 1.54) is 25.3 Å². The largest absolute Gasteiger partial charge is 0.465 e. The van der Waals surface area contributed by atoms with Crippen LogP contribution in [0.2, 0.25) is 0 Å². The van der Waals surface area contributed by atoms with E-state index in [2.05, 4.69) is 14.8 Å². The average molecular weight is 416 g/mol. The minimum atomic E-state index is -3.70. The second-order valence-electron chi connectivity index (χ2n) is 7.32. The second kappa shape index (κ2) is 9.02. The molecule has 0 aliphatic heterocycles. The van der Waals surface area contributed by atoms with Crippen molar-refractivity contribution in [2.75, 3.05) is 12.4 Å². The first-order chi connectivity index (χ1) is 13.5. The number of methoxy groups -OCH3 is 1. The van der Waals surface area contributed by atoms with E-state index in [1.807, 2.05) is 0 Å². The third-order valence-corrected chi connectivity index (χ3v) is 5.37. The number of anilines is 1. The number of carbonyl (C=O) groups is 2. The van der Waals surface area contributed by atoms with E-state index >= 15 is 0 Å². The van der Waals surface area contributed by atoms with Crippen LogP contribution < -0.4 is 10.0 Å². The molecule has 0 aliphatic carbocycles. The van der Waals surface area contributed by atoms with Gasteiger partial charge in [-0.05, 0) is 62.7 Å². The van der Waals surface area contributed by atoms with E-state index in [4.69, 9.17) is 0 Å². The van der Waals surface area contributed by atoms with E-state index in [0.717, 1.165) is 5.56 Å². The van der Waals surface area contributed by atoms with Crippen LogP contribution in [-0.4, -0.2) is 32.9 Å². The molecule has 2 aromatic carbocycles. The predicted molar refractivity (Wildman–Crippen MR) is 112 cm³/mol. The lowest BCUT2D eigenvalue weighted by Crippen LogP contribution is -2.40. The van der Waals surface area contributed by atoms with E-state index in [0.29, 0.717) is 11.3 Å². The molecule has 29 heavy (non-hydrogen) atoms. The van der Waals surface area contributed by atoms with E-state index in [1.54, 1.807) is 63.2 Å². The van der Waals surface area contributed by atoms with Crippen molar-refractivity contribution in [3.63, 3.8) is 0 Å². The van der Waals surface area contributed by atoms with Crippen molar-refractivity contribution >= 4 is 33.7 Å². The first-order valence-corrected chi connectivity index (χ1v) is 10.3. The number of hydrogen-bond donors (Lipinski definition) is 2. The smallest absolute Gasteiger partial charge is 0.337 e. The zero-order valence-corrected chi connectivity index (χ0v) is 17.5. The fourth-order valence-corrected chi connectivity index (χ4v) is 3.87. The lowest BCUT2D eigenvalue weighted by Gasteiger charge is -2.20. The van der Waals surface area contributed by atoms with Crippen LogP contribution in [0.1, 0.15) is 36.7 Å². The van der Waals surface area contributed by atoms with Crippen LogP contribution in [0.3, 0.4) is 0 Å². The van der Waals surface area contributed by atoms with Crippen molar-refractivity contribution < 1.29 is 22.7 Å². The quantitative estimate of drug-likeness (QED) is 0.556. The maximum absolute atomic E-state index is 12.4. The van der Waals surface area contributed by atoms with Crippen LogP contribution in [0.4, 0.5) is 5.69 Å². The Morgan fingerprint density at radius 1 is 1.03 bits per heavy atom. The molecule has 8 heteroatoms. The number of esters is 1. The number of carbonyl (C=O) groups excluding carboxylic acids is 2. The van der Waals surface area contributed by atoms with Crippen LogP contribution >= 0.6 is 0 Å². The highest BCUT2D eigenvalue weighted by molar-refractivity contribution is 7.89. The standard InChI is InChI=1S/C21H24N2O5S/c1-21(2,3)23-29(26,27)18-7-5-6-17(14-18)22-19(24)13-10-15-8-11-16(12-9-15)20(25)28-4/h5-14,23H,1-4H3,(H,22,24)/b13-10+. The number of ether oxygens (including phenoxy) is 1. The van der Waals surface area contributed by atoms with Crippen LogP contribution in [0.15, 0.2) is 59.5 Å². The molecule has 0 spiro atoms. The molecule has 2 aromatic rings. The first kappa shape index (κ1) is 22.3. The van der Waals surface area contributed by atoms with E-state index < -0.39 is 27.4 Å². The van der Waals surface area contributed by atoms with Crippen LogP contribution in [0.5, 0.6) is 0 Å². The van der Waals surface area contributed by atoms with Gasteiger partial charge in [0.25, 0.3) is 0 Å². The van der Waals surface area contributed by atoms with Gasteiger partial charge in [0.2, 0.25) is 15.9 Å². The monoisotopic (exact) mass is 416 g/mol. The summed E-state index contributed by atoms with van der Waals surface area (Å²) in [5, 5.41) is 2.63. The SMILES string of the molecule is COC(=O)c1ccc(/C=C/C(=O)Nc2cccc(S(=O)(=O)NC(C)(C)C)c2)cc1. The summed E-state index contributed by atoms with van der Waals surface area (Å²) in [5.74, 6) is -0.852. The fraction of sp³-hybridized carbons (Fsp3) is 0.238. The first-order valence-electron chi connectivity index (χ1n) is 8.82. The molecular weight excluding hydrogens is 392 g/mol. The Labute approximate surface area is 170 Å². The molecule has 0 atom stereocenters. The summed E-state index contributed by atoms with van der Waals surface area (Å²) < 4.78 is 32.0. The van der Waals surface area contributed by atoms with Gasteiger partial charge in [-0.25, -0.2) is 17.9 Å². The minimum Gasteiger partial charge on any atom is -0.465 e. The molecule has 0 radical (unpaired) electrons. The molecule has 0 saturated heterocycles. The summed E-state index contributed by atoms with van der Waals surface area (Å²) in [7, 11) is -2.40. The van der Waals surface area contributed by atoms with Crippen LogP contribution in [0.25, 0.3) is 6.08 Å². The summed E-state index contributed by atoms with van der Waals surface area (Å²) >= 11 is 0. The van der Waals surface area contributed by atoms with Gasteiger partial charge in [-0.2, -0.15) is 0 Å². The molecule has 0 saturated carbocycles. The van der Waals surface area contributed by atoms with Crippen molar-refractivity contribution in [3.8, 4) is 0 Å². The second-order valence-corrected chi connectivity index (χ2v) is 9.00. The molecule has 0 heterocycles. The number of sulfonamides is 1. The molecule has 1 amide bonds. The summed E-state index contributed by atoms with van der Waals surface area (Å²) in [6.45, 7) is 5.25. The molecule has 154 valence electrons. The Hall–Kier alpha value is -2.97. The molecule has 0 aromatic heterocycles. The van der Waals surface area contributed by atoms with Gasteiger partial charge in [0.15, 0.2) is 0 Å². The van der Waals surface area contributed by atoms with Crippen molar-refractivity contribution in [1.29, 1.82) is 0 Å². The molecular formula is C21H24N2O5S. The van der Waals surface area contributed by atoms with Gasteiger partial charge in [0.1, 0.15) is 0 Å². The summed E-state index contributed by atoms with van der Waals surface area (Å²) in [5.41, 5.74) is 0.872. The highest BCUT2D eigenvalue weighted by Gasteiger charge is 2.22. The third-order valence-electron chi connectivity index (χ3n) is 3.61. The summed E-state index contributed by atoms with van der Waals surface area (Å²) in [6, 6.07) is 12.6. The summed E-state index contributed by atoms with van der Waals surface area (Å²) in [6.07, 6.45) is 2.90. The highest BCUT2D eigenvalue weighted by Crippen LogP contribution is 2.17. The number of benzene rings is 2. The molecule has 0 unspecified atom stereocenters. The molecule has 7 nitrogen and oxygen atoms in total. The van der Waals surface area contributed by atoms with Gasteiger partial charge in [0, 0.05) is 17.3 Å². The zero-order chi connectivity index (χ0) is 21.7. The predicted octanol–water partition coefficient (Wildman–Crippen LogP) is 3.20. The lowest BCUT2D eigenvalue weighted by molar-refractivity contribution is -0.111. The molecule has 0 bridgehead atoms. The Balaban J connectivity index is 2.07. The molecule has 2 N–H and O–H groups in total.